The van der Waals surface area contributed by atoms with Crippen LogP contribution in [-0.2, 0) is 10.9 Å². The largest absolute Gasteiger partial charge is 0.465 e. The van der Waals surface area contributed by atoms with Crippen LogP contribution in [0.2, 0.25) is 0 Å². The van der Waals surface area contributed by atoms with E-state index in [1.54, 1.807) is 24.3 Å². The molecular weight excluding hydrogens is 283 g/mol. The number of nitrogens with one attached hydrogen (secondary N) is 1. The predicted octanol–water partition coefficient (Wildman–Crippen LogP) is 4.24. The van der Waals surface area contributed by atoms with Crippen molar-refractivity contribution in [3.05, 3.63) is 59.7 Å². The summed E-state index contributed by atoms with van der Waals surface area (Å²) in [5.41, 5.74) is 0.716. The van der Waals surface area contributed by atoms with Gasteiger partial charge in [-0.2, -0.15) is 13.2 Å². The number of anilines is 2. The van der Waals surface area contributed by atoms with Crippen molar-refractivity contribution >= 4 is 17.3 Å². The summed E-state index contributed by atoms with van der Waals surface area (Å²) in [6.07, 6.45) is -4.36. The molecule has 0 unspecified atom stereocenters. The predicted molar refractivity (Wildman–Crippen MR) is 72.5 cm³/mol. The zero-order chi connectivity index (χ0) is 15.5. The number of ether oxygens (including phenoxy) is 1. The van der Waals surface area contributed by atoms with Crippen LogP contribution in [0.5, 0.6) is 0 Å². The molecule has 0 heterocycles. The van der Waals surface area contributed by atoms with Crippen LogP contribution in [0.1, 0.15) is 15.9 Å². The fourth-order valence-electron chi connectivity index (χ4n) is 1.75. The molecule has 110 valence electrons. The molecule has 0 radical (unpaired) electrons. The fourth-order valence-corrected chi connectivity index (χ4v) is 1.75. The monoisotopic (exact) mass is 295 g/mol. The van der Waals surface area contributed by atoms with E-state index in [-0.39, 0.29) is 0 Å². The summed E-state index contributed by atoms with van der Waals surface area (Å²) < 4.78 is 42.0. The Kier molecular flexibility index (Phi) is 4.16. The van der Waals surface area contributed by atoms with Crippen molar-refractivity contribution in [1.82, 2.24) is 0 Å². The van der Waals surface area contributed by atoms with Gasteiger partial charge in [0.2, 0.25) is 0 Å². The molecule has 2 rings (SSSR count). The minimum Gasteiger partial charge on any atom is -0.465 e. The summed E-state index contributed by atoms with van der Waals surface area (Å²) in [5.74, 6) is -0.480. The van der Waals surface area contributed by atoms with Crippen molar-refractivity contribution in [2.45, 2.75) is 6.18 Å². The van der Waals surface area contributed by atoms with Crippen LogP contribution in [0.4, 0.5) is 24.5 Å². The first-order valence-electron chi connectivity index (χ1n) is 6.03. The van der Waals surface area contributed by atoms with Gasteiger partial charge in [-0.15, -0.1) is 0 Å². The van der Waals surface area contributed by atoms with Gasteiger partial charge in [0, 0.05) is 11.4 Å². The first kappa shape index (κ1) is 14.9. The van der Waals surface area contributed by atoms with E-state index in [9.17, 15) is 18.0 Å². The number of carbonyl (C=O) groups is 1. The Hall–Kier alpha value is -2.50. The Labute approximate surface area is 119 Å². The molecule has 2 aromatic carbocycles. The fraction of sp³-hybridized carbons (Fsp3) is 0.133. The van der Waals surface area contributed by atoms with E-state index < -0.39 is 17.7 Å². The van der Waals surface area contributed by atoms with Gasteiger partial charge in [0.15, 0.2) is 0 Å². The van der Waals surface area contributed by atoms with Gasteiger partial charge in [-0.05, 0) is 42.5 Å². The number of methoxy groups -OCH3 is 1. The molecule has 0 atom stereocenters. The smallest absolute Gasteiger partial charge is 0.416 e. The average molecular weight is 295 g/mol. The molecule has 0 aliphatic rings. The number of benzene rings is 2. The highest BCUT2D eigenvalue weighted by molar-refractivity contribution is 5.90. The van der Waals surface area contributed by atoms with Gasteiger partial charge in [0.1, 0.15) is 0 Å². The number of halogens is 3. The standard InChI is InChI=1S/C15H12F3NO2/c1-21-14(20)10-3-2-4-13(9-10)19-12-7-5-11(6-8-12)15(16,17)18/h2-9,19H,1H3. The summed E-state index contributed by atoms with van der Waals surface area (Å²) in [4.78, 5) is 11.4. The molecule has 0 fully saturated rings. The summed E-state index contributed by atoms with van der Waals surface area (Å²) in [6, 6.07) is 11.1. The zero-order valence-corrected chi connectivity index (χ0v) is 11.1. The molecule has 21 heavy (non-hydrogen) atoms. The Morgan fingerprint density at radius 3 is 2.29 bits per heavy atom. The molecular formula is C15H12F3NO2. The summed E-state index contributed by atoms with van der Waals surface area (Å²) in [6.45, 7) is 0. The second-order valence-corrected chi connectivity index (χ2v) is 4.27. The molecule has 0 aliphatic carbocycles. The van der Waals surface area contributed by atoms with Crippen molar-refractivity contribution in [2.24, 2.45) is 0 Å². The van der Waals surface area contributed by atoms with Gasteiger partial charge in [-0.1, -0.05) is 6.07 Å². The molecule has 0 aliphatic heterocycles. The third-order valence-electron chi connectivity index (χ3n) is 2.78. The quantitative estimate of drug-likeness (QED) is 0.861. The van der Waals surface area contributed by atoms with Gasteiger partial charge in [-0.3, -0.25) is 0 Å². The van der Waals surface area contributed by atoms with Gasteiger partial charge in [0.25, 0.3) is 0 Å². The third-order valence-corrected chi connectivity index (χ3v) is 2.78. The van der Waals surface area contributed by atoms with Crippen LogP contribution in [0.25, 0.3) is 0 Å². The van der Waals surface area contributed by atoms with Gasteiger partial charge in [-0.25, -0.2) is 4.79 Å². The first-order valence-corrected chi connectivity index (χ1v) is 6.03. The molecule has 2 aromatic rings. The Morgan fingerprint density at radius 2 is 1.71 bits per heavy atom. The van der Waals surface area contributed by atoms with E-state index in [0.29, 0.717) is 16.9 Å². The lowest BCUT2D eigenvalue weighted by Gasteiger charge is -2.10. The number of rotatable bonds is 3. The van der Waals surface area contributed by atoms with Gasteiger partial charge >= 0.3 is 12.1 Å². The van der Waals surface area contributed by atoms with E-state index in [1.165, 1.54) is 19.2 Å². The highest BCUT2D eigenvalue weighted by atomic mass is 19.4. The number of esters is 1. The number of carbonyl (C=O) groups excluding carboxylic acids is 1. The van der Waals surface area contributed by atoms with Crippen molar-refractivity contribution in [1.29, 1.82) is 0 Å². The topological polar surface area (TPSA) is 38.3 Å². The molecule has 6 heteroatoms. The van der Waals surface area contributed by atoms with Crippen LogP contribution in [0, 0.1) is 0 Å². The molecule has 1 N–H and O–H groups in total. The summed E-state index contributed by atoms with van der Waals surface area (Å²) >= 11 is 0. The van der Waals surface area contributed by atoms with E-state index in [0.717, 1.165) is 12.1 Å². The minimum absolute atomic E-state index is 0.356. The van der Waals surface area contributed by atoms with Crippen LogP contribution in [-0.4, -0.2) is 13.1 Å². The van der Waals surface area contributed by atoms with Crippen LogP contribution < -0.4 is 5.32 Å². The van der Waals surface area contributed by atoms with Crippen molar-refractivity contribution in [2.75, 3.05) is 12.4 Å². The van der Waals surface area contributed by atoms with Crippen LogP contribution in [0.3, 0.4) is 0 Å². The maximum atomic E-state index is 12.5. The minimum atomic E-state index is -4.36. The molecule has 0 bridgehead atoms. The highest BCUT2D eigenvalue weighted by Gasteiger charge is 2.29. The van der Waals surface area contributed by atoms with Crippen LogP contribution in [0.15, 0.2) is 48.5 Å². The highest BCUT2D eigenvalue weighted by Crippen LogP contribution is 2.30. The van der Waals surface area contributed by atoms with Crippen molar-refractivity contribution in [3.63, 3.8) is 0 Å². The zero-order valence-electron chi connectivity index (χ0n) is 11.1. The number of hydrogen-bond donors (Lipinski definition) is 1. The Bertz CT molecular complexity index is 636. The molecule has 0 amide bonds. The lowest BCUT2D eigenvalue weighted by molar-refractivity contribution is -0.137. The normalized spacial score (nSPS) is 11.0. The van der Waals surface area contributed by atoms with E-state index in [4.69, 9.17) is 0 Å². The molecule has 3 nitrogen and oxygen atoms in total. The summed E-state index contributed by atoms with van der Waals surface area (Å²) in [7, 11) is 1.28. The van der Waals surface area contributed by atoms with Crippen molar-refractivity contribution < 1.29 is 22.7 Å². The van der Waals surface area contributed by atoms with E-state index >= 15 is 0 Å². The van der Waals surface area contributed by atoms with Crippen LogP contribution >= 0.6 is 0 Å². The van der Waals surface area contributed by atoms with Gasteiger partial charge < -0.3 is 10.1 Å². The SMILES string of the molecule is COC(=O)c1cccc(Nc2ccc(C(F)(F)F)cc2)c1. The maximum absolute atomic E-state index is 12.5. The molecule has 0 spiro atoms. The second kappa shape index (κ2) is 5.87. The molecule has 0 aromatic heterocycles. The maximum Gasteiger partial charge on any atom is 0.416 e. The second-order valence-electron chi connectivity index (χ2n) is 4.27. The molecule has 0 saturated carbocycles. The Balaban J connectivity index is 2.17. The first-order chi connectivity index (χ1) is 9.90. The third kappa shape index (κ3) is 3.75. The Morgan fingerprint density at radius 1 is 1.05 bits per heavy atom. The van der Waals surface area contributed by atoms with Crippen molar-refractivity contribution in [3.8, 4) is 0 Å². The number of alkyl halides is 3. The average Bonchev–Trinajstić information content (AvgIpc) is 2.46. The number of hydrogen-bond acceptors (Lipinski definition) is 3. The van der Waals surface area contributed by atoms with Gasteiger partial charge in [0.05, 0.1) is 18.2 Å². The lowest BCUT2D eigenvalue weighted by Crippen LogP contribution is -2.04. The lowest BCUT2D eigenvalue weighted by atomic mass is 10.1. The van der Waals surface area contributed by atoms with E-state index in [2.05, 4.69) is 10.1 Å². The summed E-state index contributed by atoms with van der Waals surface area (Å²) in [5, 5.41) is 2.93. The molecule has 0 saturated heterocycles. The van der Waals surface area contributed by atoms with E-state index in [1.807, 2.05) is 0 Å².